The Morgan fingerprint density at radius 3 is 2.50 bits per heavy atom. The minimum absolute atomic E-state index is 0.0614. The van der Waals surface area contributed by atoms with Gasteiger partial charge in [0.05, 0.1) is 17.7 Å². The molecule has 0 saturated heterocycles. The quantitative estimate of drug-likeness (QED) is 0.419. The van der Waals surface area contributed by atoms with Crippen molar-refractivity contribution < 1.29 is 14.3 Å². The van der Waals surface area contributed by atoms with Crippen LogP contribution in [0.5, 0.6) is 11.5 Å². The van der Waals surface area contributed by atoms with E-state index in [9.17, 15) is 10.1 Å². The summed E-state index contributed by atoms with van der Waals surface area (Å²) in [6.07, 6.45) is 1.48. The van der Waals surface area contributed by atoms with E-state index in [0.717, 1.165) is 5.56 Å². The van der Waals surface area contributed by atoms with E-state index in [2.05, 4.69) is 21.2 Å². The van der Waals surface area contributed by atoms with Crippen molar-refractivity contribution in [3.8, 4) is 17.6 Å². The fraction of sp³-hybridized carbons (Fsp3) is 0.238. The third-order valence-electron chi connectivity index (χ3n) is 3.76. The Morgan fingerprint density at radius 1 is 1.21 bits per heavy atom. The van der Waals surface area contributed by atoms with Gasteiger partial charge < -0.3 is 14.8 Å². The van der Waals surface area contributed by atoms with Gasteiger partial charge in [0.2, 0.25) is 0 Å². The van der Waals surface area contributed by atoms with Gasteiger partial charge in [-0.25, -0.2) is 0 Å². The first-order chi connectivity index (χ1) is 13.4. The summed E-state index contributed by atoms with van der Waals surface area (Å²) in [5.41, 5.74) is 1.94. The minimum Gasteiger partial charge on any atom is -0.493 e. The number of carbonyl (C=O) groups is 1. The molecule has 0 fully saturated rings. The summed E-state index contributed by atoms with van der Waals surface area (Å²) in [6.45, 7) is 6.55. The first-order valence-corrected chi connectivity index (χ1v) is 9.85. The molecule has 0 saturated carbocycles. The van der Waals surface area contributed by atoms with E-state index in [1.54, 1.807) is 30.3 Å². The van der Waals surface area contributed by atoms with Crippen LogP contribution in [-0.2, 0) is 4.79 Å². The molecule has 0 aliphatic heterocycles. The number of carbonyl (C=O) groups excluding carboxylic acids is 1. The number of halogens is 2. The molecule has 0 bridgehead atoms. The highest BCUT2D eigenvalue weighted by molar-refractivity contribution is 9.10. The number of nitriles is 1. The van der Waals surface area contributed by atoms with E-state index in [4.69, 9.17) is 21.1 Å². The largest absolute Gasteiger partial charge is 0.493 e. The maximum atomic E-state index is 12.5. The van der Waals surface area contributed by atoms with Crippen LogP contribution in [0.15, 0.2) is 40.4 Å². The van der Waals surface area contributed by atoms with E-state index in [1.807, 2.05) is 26.8 Å². The van der Waals surface area contributed by atoms with E-state index < -0.39 is 5.91 Å². The number of amides is 1. The Kier molecular flexibility index (Phi) is 7.91. The average molecular weight is 464 g/mol. The van der Waals surface area contributed by atoms with Gasteiger partial charge >= 0.3 is 0 Å². The molecule has 2 rings (SSSR count). The monoisotopic (exact) mass is 462 g/mol. The van der Waals surface area contributed by atoms with Gasteiger partial charge in [-0.1, -0.05) is 17.7 Å². The third-order valence-corrected chi connectivity index (χ3v) is 4.79. The molecule has 0 aromatic heterocycles. The predicted octanol–water partition coefficient (Wildman–Crippen LogP) is 5.75. The van der Waals surface area contributed by atoms with Crippen molar-refractivity contribution in [1.82, 2.24) is 0 Å². The summed E-state index contributed by atoms with van der Waals surface area (Å²) in [7, 11) is 0. The maximum absolute atomic E-state index is 12.5. The van der Waals surface area contributed by atoms with Crippen molar-refractivity contribution >= 4 is 45.2 Å². The highest BCUT2D eigenvalue weighted by atomic mass is 79.9. The summed E-state index contributed by atoms with van der Waals surface area (Å²) < 4.78 is 11.9. The van der Waals surface area contributed by atoms with Crippen LogP contribution in [0.1, 0.15) is 25.0 Å². The average Bonchev–Trinajstić information content (AvgIpc) is 2.66. The number of aryl methyl sites for hydroxylation is 1. The van der Waals surface area contributed by atoms with Crippen molar-refractivity contribution in [2.45, 2.75) is 20.8 Å². The molecular weight excluding hydrogens is 444 g/mol. The van der Waals surface area contributed by atoms with Gasteiger partial charge in [0.1, 0.15) is 23.1 Å². The molecule has 0 radical (unpaired) electrons. The van der Waals surface area contributed by atoms with Gasteiger partial charge in [-0.15, -0.1) is 0 Å². The molecule has 5 nitrogen and oxygen atoms in total. The zero-order valence-corrected chi connectivity index (χ0v) is 18.1. The lowest BCUT2D eigenvalue weighted by atomic mass is 10.1. The molecule has 0 heterocycles. The van der Waals surface area contributed by atoms with Crippen molar-refractivity contribution in [3.63, 3.8) is 0 Å². The van der Waals surface area contributed by atoms with E-state index in [-0.39, 0.29) is 5.57 Å². The SMILES string of the molecule is CCOc1cc(OCC)c(/C=C(/C#N)C(=O)Nc2ccc(C)c(Cl)c2)cc1Br. The van der Waals surface area contributed by atoms with Crippen LogP contribution in [0.3, 0.4) is 0 Å². The van der Waals surface area contributed by atoms with Gasteiger partial charge in [-0.3, -0.25) is 4.79 Å². The number of nitrogens with zero attached hydrogens (tertiary/aromatic N) is 1. The third kappa shape index (κ3) is 5.51. The van der Waals surface area contributed by atoms with Gasteiger partial charge in [-0.05, 0) is 66.5 Å². The normalized spacial score (nSPS) is 10.9. The van der Waals surface area contributed by atoms with Gasteiger partial charge in [0.25, 0.3) is 5.91 Å². The molecule has 0 unspecified atom stereocenters. The highest BCUT2D eigenvalue weighted by Crippen LogP contribution is 2.34. The molecule has 2 aromatic carbocycles. The Hall–Kier alpha value is -2.49. The second kappa shape index (κ2) is 10.2. The number of rotatable bonds is 7. The smallest absolute Gasteiger partial charge is 0.266 e. The van der Waals surface area contributed by atoms with E-state index in [0.29, 0.717) is 45.5 Å². The summed E-state index contributed by atoms with van der Waals surface area (Å²) in [5, 5.41) is 12.7. The van der Waals surface area contributed by atoms with Crippen LogP contribution >= 0.6 is 27.5 Å². The summed E-state index contributed by atoms with van der Waals surface area (Å²) >= 11 is 9.53. The molecule has 0 atom stereocenters. The lowest BCUT2D eigenvalue weighted by Gasteiger charge is -2.13. The summed E-state index contributed by atoms with van der Waals surface area (Å²) in [5.74, 6) is 0.614. The fourth-order valence-electron chi connectivity index (χ4n) is 2.38. The predicted molar refractivity (Wildman–Crippen MR) is 115 cm³/mol. The molecule has 0 aliphatic carbocycles. The lowest BCUT2D eigenvalue weighted by Crippen LogP contribution is -2.13. The van der Waals surface area contributed by atoms with E-state index >= 15 is 0 Å². The van der Waals surface area contributed by atoms with Crippen molar-refractivity contribution in [2.24, 2.45) is 0 Å². The Balaban J connectivity index is 2.36. The van der Waals surface area contributed by atoms with Gasteiger partial charge in [0.15, 0.2) is 0 Å². The molecule has 1 N–H and O–H groups in total. The number of hydrogen-bond donors (Lipinski definition) is 1. The van der Waals surface area contributed by atoms with Crippen LogP contribution in [0, 0.1) is 18.3 Å². The topological polar surface area (TPSA) is 71.3 Å². The second-order valence-electron chi connectivity index (χ2n) is 5.77. The molecule has 0 spiro atoms. The van der Waals surface area contributed by atoms with Crippen LogP contribution in [0.2, 0.25) is 5.02 Å². The fourth-order valence-corrected chi connectivity index (χ4v) is 3.04. The van der Waals surface area contributed by atoms with Crippen molar-refractivity contribution in [2.75, 3.05) is 18.5 Å². The van der Waals surface area contributed by atoms with Crippen LogP contribution in [0.25, 0.3) is 6.08 Å². The summed E-state index contributed by atoms with van der Waals surface area (Å²) in [6, 6.07) is 10.6. The van der Waals surface area contributed by atoms with Crippen LogP contribution in [-0.4, -0.2) is 19.1 Å². The van der Waals surface area contributed by atoms with Gasteiger partial charge in [-0.2, -0.15) is 5.26 Å². The molecule has 0 aliphatic rings. The number of nitrogens with one attached hydrogen (secondary N) is 1. The first-order valence-electron chi connectivity index (χ1n) is 8.68. The Labute approximate surface area is 178 Å². The summed E-state index contributed by atoms with van der Waals surface area (Å²) in [4.78, 5) is 12.5. The Bertz CT molecular complexity index is 951. The zero-order chi connectivity index (χ0) is 20.7. The van der Waals surface area contributed by atoms with Crippen LogP contribution in [0.4, 0.5) is 5.69 Å². The lowest BCUT2D eigenvalue weighted by molar-refractivity contribution is -0.112. The number of anilines is 1. The van der Waals surface area contributed by atoms with E-state index in [1.165, 1.54) is 6.08 Å². The molecule has 146 valence electrons. The zero-order valence-electron chi connectivity index (χ0n) is 15.8. The number of benzene rings is 2. The molecule has 2 aromatic rings. The molecular formula is C21H20BrClN2O3. The Morgan fingerprint density at radius 2 is 1.89 bits per heavy atom. The highest BCUT2D eigenvalue weighted by Gasteiger charge is 2.14. The number of ether oxygens (including phenoxy) is 2. The standard InChI is InChI=1S/C21H20BrClN2O3/c1-4-27-19-11-20(28-5-2)17(22)9-14(19)8-15(12-24)21(26)25-16-7-6-13(3)18(23)10-16/h6-11H,4-5H2,1-3H3,(H,25,26)/b15-8-. The maximum Gasteiger partial charge on any atom is 0.266 e. The number of hydrogen-bond acceptors (Lipinski definition) is 4. The van der Waals surface area contributed by atoms with Crippen molar-refractivity contribution in [1.29, 1.82) is 5.26 Å². The molecule has 7 heteroatoms. The second-order valence-corrected chi connectivity index (χ2v) is 7.04. The first kappa shape index (κ1) is 21.8. The van der Waals surface area contributed by atoms with Gasteiger partial charge in [0, 0.05) is 22.3 Å². The van der Waals surface area contributed by atoms with Crippen molar-refractivity contribution in [3.05, 3.63) is 56.5 Å². The minimum atomic E-state index is -0.533. The molecule has 1 amide bonds. The van der Waals surface area contributed by atoms with Crippen LogP contribution < -0.4 is 14.8 Å². The molecule has 28 heavy (non-hydrogen) atoms.